The number of phenolic OH excluding ortho intramolecular Hbond substituents is 1. The number of hydrogen-bond donors (Lipinski definition) is 1. The van der Waals surface area contributed by atoms with Crippen LogP contribution in [0.4, 0.5) is 0 Å². The van der Waals surface area contributed by atoms with Crippen LogP contribution in [0.25, 0.3) is 6.08 Å². The quantitative estimate of drug-likeness (QED) is 0.866. The van der Waals surface area contributed by atoms with Crippen molar-refractivity contribution in [2.75, 3.05) is 28.1 Å². The number of aromatic hydroxyl groups is 1. The first-order valence-corrected chi connectivity index (χ1v) is 7.74. The number of ether oxygens (including phenoxy) is 5. The van der Waals surface area contributed by atoms with Gasteiger partial charge in [0.25, 0.3) is 0 Å². The van der Waals surface area contributed by atoms with E-state index in [2.05, 4.69) is 0 Å². The van der Waals surface area contributed by atoms with Crippen molar-refractivity contribution in [2.45, 2.75) is 6.42 Å². The molecule has 0 spiro atoms. The Kier molecular flexibility index (Phi) is 4.88. The van der Waals surface area contributed by atoms with Crippen molar-refractivity contribution in [3.63, 3.8) is 0 Å². The Morgan fingerprint density at radius 2 is 1.72 bits per heavy atom. The maximum Gasteiger partial charge on any atom is 0.231 e. The largest absolute Gasteiger partial charge is 0.504 e. The van der Waals surface area contributed by atoms with E-state index in [0.717, 1.165) is 11.1 Å². The summed E-state index contributed by atoms with van der Waals surface area (Å²) < 4.78 is 26.5. The molecule has 1 heterocycles. The SMILES string of the molecule is COc1cc(CC=Cc2cc(O)c3c(c2)OCO3)cc(OC)c1OC. The number of benzene rings is 2. The van der Waals surface area contributed by atoms with E-state index >= 15 is 0 Å². The minimum absolute atomic E-state index is 0.0717. The van der Waals surface area contributed by atoms with Crippen molar-refractivity contribution < 1.29 is 28.8 Å². The molecule has 0 amide bonds. The van der Waals surface area contributed by atoms with Gasteiger partial charge in [-0.3, -0.25) is 0 Å². The van der Waals surface area contributed by atoms with Crippen LogP contribution in [0.1, 0.15) is 11.1 Å². The van der Waals surface area contributed by atoms with Crippen molar-refractivity contribution >= 4 is 6.08 Å². The van der Waals surface area contributed by atoms with Gasteiger partial charge in [0, 0.05) is 0 Å². The molecule has 0 bridgehead atoms. The van der Waals surface area contributed by atoms with Crippen LogP contribution in [-0.4, -0.2) is 33.2 Å². The molecule has 3 rings (SSSR count). The number of hydrogen-bond acceptors (Lipinski definition) is 6. The van der Waals surface area contributed by atoms with E-state index in [1.165, 1.54) is 0 Å². The minimum Gasteiger partial charge on any atom is -0.504 e. The third-order valence-electron chi connectivity index (χ3n) is 3.86. The maximum absolute atomic E-state index is 9.94. The van der Waals surface area contributed by atoms with E-state index in [4.69, 9.17) is 23.7 Å². The number of fused-ring (bicyclic) bond motifs is 1. The summed E-state index contributed by atoms with van der Waals surface area (Å²) in [6.07, 6.45) is 4.55. The fourth-order valence-electron chi connectivity index (χ4n) is 2.69. The van der Waals surface area contributed by atoms with Gasteiger partial charge in [0.1, 0.15) is 0 Å². The smallest absolute Gasteiger partial charge is 0.231 e. The topological polar surface area (TPSA) is 66.4 Å². The summed E-state index contributed by atoms with van der Waals surface area (Å²) in [7, 11) is 4.75. The van der Waals surface area contributed by atoms with Crippen molar-refractivity contribution in [3.8, 4) is 34.5 Å². The number of methoxy groups -OCH3 is 3. The number of phenols is 1. The second-order valence-corrected chi connectivity index (χ2v) is 5.41. The molecule has 6 heteroatoms. The third-order valence-corrected chi connectivity index (χ3v) is 3.86. The zero-order valence-electron chi connectivity index (χ0n) is 14.4. The predicted molar refractivity (Wildman–Crippen MR) is 93.1 cm³/mol. The molecule has 0 fully saturated rings. The second-order valence-electron chi connectivity index (χ2n) is 5.41. The summed E-state index contributed by atoms with van der Waals surface area (Å²) in [5, 5.41) is 9.94. The first kappa shape index (κ1) is 16.8. The lowest BCUT2D eigenvalue weighted by Gasteiger charge is -2.13. The third kappa shape index (κ3) is 3.42. The van der Waals surface area contributed by atoms with Gasteiger partial charge in [-0.25, -0.2) is 0 Å². The Morgan fingerprint density at radius 1 is 1.00 bits per heavy atom. The van der Waals surface area contributed by atoms with Gasteiger partial charge in [0.2, 0.25) is 18.3 Å². The average molecular weight is 344 g/mol. The predicted octanol–water partition coefficient (Wildman–Crippen LogP) is 3.40. The summed E-state index contributed by atoms with van der Waals surface area (Å²) in [5.41, 5.74) is 1.84. The minimum atomic E-state index is 0.0717. The van der Waals surface area contributed by atoms with E-state index in [-0.39, 0.29) is 12.5 Å². The molecule has 2 aromatic rings. The Balaban J connectivity index is 1.79. The fraction of sp³-hybridized carbons (Fsp3) is 0.263. The Morgan fingerprint density at radius 3 is 2.36 bits per heavy atom. The number of allylic oxidation sites excluding steroid dienone is 1. The van der Waals surface area contributed by atoms with Gasteiger partial charge in [-0.2, -0.15) is 0 Å². The number of rotatable bonds is 6. The van der Waals surface area contributed by atoms with Gasteiger partial charge in [-0.15, -0.1) is 0 Å². The molecule has 2 aromatic carbocycles. The highest BCUT2D eigenvalue weighted by Crippen LogP contribution is 2.41. The Labute approximate surface area is 146 Å². The van der Waals surface area contributed by atoms with Gasteiger partial charge in [-0.05, 0) is 41.8 Å². The van der Waals surface area contributed by atoms with Crippen LogP contribution in [0.5, 0.6) is 34.5 Å². The van der Waals surface area contributed by atoms with Crippen LogP contribution in [0.15, 0.2) is 30.3 Å². The molecular formula is C19H20O6. The summed E-state index contributed by atoms with van der Waals surface area (Å²) in [6.45, 7) is 0.126. The molecule has 0 aliphatic carbocycles. The zero-order valence-corrected chi connectivity index (χ0v) is 14.4. The van der Waals surface area contributed by atoms with Gasteiger partial charge >= 0.3 is 0 Å². The van der Waals surface area contributed by atoms with Crippen LogP contribution in [0.3, 0.4) is 0 Å². The second kappa shape index (κ2) is 7.25. The first-order chi connectivity index (χ1) is 12.2. The van der Waals surface area contributed by atoms with Crippen LogP contribution >= 0.6 is 0 Å². The highest BCUT2D eigenvalue weighted by molar-refractivity contribution is 5.62. The van der Waals surface area contributed by atoms with Crippen LogP contribution in [0, 0.1) is 0 Å². The van der Waals surface area contributed by atoms with Gasteiger partial charge in [0.15, 0.2) is 23.0 Å². The van der Waals surface area contributed by atoms with Crippen LogP contribution in [0.2, 0.25) is 0 Å². The Hall–Kier alpha value is -3.02. The van der Waals surface area contributed by atoms with E-state index in [1.807, 2.05) is 30.4 Å². The normalized spacial score (nSPS) is 12.4. The molecule has 132 valence electrons. The average Bonchev–Trinajstić information content (AvgIpc) is 3.10. The van der Waals surface area contributed by atoms with Gasteiger partial charge in [-0.1, -0.05) is 12.2 Å². The van der Waals surface area contributed by atoms with E-state index in [9.17, 15) is 5.11 Å². The molecule has 1 N–H and O–H groups in total. The van der Waals surface area contributed by atoms with Crippen molar-refractivity contribution in [1.82, 2.24) is 0 Å². The molecular weight excluding hydrogens is 324 g/mol. The first-order valence-electron chi connectivity index (χ1n) is 7.74. The molecule has 0 saturated heterocycles. The highest BCUT2D eigenvalue weighted by Gasteiger charge is 2.18. The monoisotopic (exact) mass is 344 g/mol. The van der Waals surface area contributed by atoms with Gasteiger partial charge in [0.05, 0.1) is 21.3 Å². The van der Waals surface area contributed by atoms with Crippen molar-refractivity contribution in [1.29, 1.82) is 0 Å². The lowest BCUT2D eigenvalue weighted by molar-refractivity contribution is 0.171. The zero-order chi connectivity index (χ0) is 17.8. The summed E-state index contributed by atoms with van der Waals surface area (Å²) in [4.78, 5) is 0. The lowest BCUT2D eigenvalue weighted by atomic mass is 10.1. The van der Waals surface area contributed by atoms with E-state index < -0.39 is 0 Å². The Bertz CT molecular complexity index is 772. The molecule has 25 heavy (non-hydrogen) atoms. The van der Waals surface area contributed by atoms with E-state index in [1.54, 1.807) is 27.4 Å². The summed E-state index contributed by atoms with van der Waals surface area (Å²) >= 11 is 0. The molecule has 6 nitrogen and oxygen atoms in total. The highest BCUT2D eigenvalue weighted by atomic mass is 16.7. The fourth-order valence-corrected chi connectivity index (χ4v) is 2.69. The molecule has 0 radical (unpaired) electrons. The van der Waals surface area contributed by atoms with Crippen molar-refractivity contribution in [3.05, 3.63) is 41.5 Å². The molecule has 0 unspecified atom stereocenters. The molecule has 0 saturated carbocycles. The van der Waals surface area contributed by atoms with Gasteiger partial charge < -0.3 is 28.8 Å². The standard InChI is InChI=1S/C19H20O6/c1-21-15-8-13(9-16(22-2)19(15)23-3)6-4-5-12-7-14(20)18-17(10-12)24-11-25-18/h4-5,7-10,20H,6,11H2,1-3H3. The lowest BCUT2D eigenvalue weighted by Crippen LogP contribution is -1.96. The van der Waals surface area contributed by atoms with Crippen LogP contribution in [-0.2, 0) is 6.42 Å². The maximum atomic E-state index is 9.94. The van der Waals surface area contributed by atoms with Crippen LogP contribution < -0.4 is 23.7 Å². The molecule has 1 aliphatic rings. The summed E-state index contributed by atoms with van der Waals surface area (Å²) in [5.74, 6) is 2.81. The molecule has 0 atom stereocenters. The molecule has 1 aliphatic heterocycles. The molecule has 0 aromatic heterocycles. The van der Waals surface area contributed by atoms with E-state index in [0.29, 0.717) is 35.2 Å². The van der Waals surface area contributed by atoms with Crippen molar-refractivity contribution in [2.24, 2.45) is 0 Å². The summed E-state index contributed by atoms with van der Waals surface area (Å²) in [6, 6.07) is 7.28.